The number of rotatable bonds is 3. The Morgan fingerprint density at radius 2 is 2.00 bits per heavy atom. The second-order valence-corrected chi connectivity index (χ2v) is 5.56. The third-order valence-electron chi connectivity index (χ3n) is 4.10. The fourth-order valence-electron chi connectivity index (χ4n) is 2.96. The largest absolute Gasteiger partial charge is 0.392 e. The summed E-state index contributed by atoms with van der Waals surface area (Å²) >= 11 is 0. The first-order chi connectivity index (χ1) is 7.66. The molecule has 3 nitrogen and oxygen atoms in total. The Kier molecular flexibility index (Phi) is 4.22. The Hall–Kier alpha value is -0.120. The highest BCUT2D eigenvalue weighted by molar-refractivity contribution is 4.82. The van der Waals surface area contributed by atoms with E-state index in [-0.39, 0.29) is 6.10 Å². The average Bonchev–Trinajstić information content (AvgIpc) is 2.76. The molecule has 3 unspecified atom stereocenters. The number of morpholine rings is 1. The van der Waals surface area contributed by atoms with Gasteiger partial charge in [0, 0.05) is 19.1 Å². The van der Waals surface area contributed by atoms with Gasteiger partial charge in [-0.1, -0.05) is 12.8 Å². The molecule has 1 N–H and O–H groups in total. The van der Waals surface area contributed by atoms with Crippen LogP contribution in [0.1, 0.15) is 39.5 Å². The minimum atomic E-state index is -0.129. The summed E-state index contributed by atoms with van der Waals surface area (Å²) in [5, 5.41) is 10.2. The second kappa shape index (κ2) is 5.48. The summed E-state index contributed by atoms with van der Waals surface area (Å²) < 4.78 is 5.60. The molecule has 0 spiro atoms. The number of hydrogen-bond donors (Lipinski definition) is 1. The third-order valence-corrected chi connectivity index (χ3v) is 4.10. The van der Waals surface area contributed by atoms with Gasteiger partial charge < -0.3 is 9.84 Å². The smallest absolute Gasteiger partial charge is 0.0695 e. The zero-order valence-corrected chi connectivity index (χ0v) is 10.6. The van der Waals surface area contributed by atoms with E-state index in [2.05, 4.69) is 18.7 Å². The van der Waals surface area contributed by atoms with E-state index in [9.17, 15) is 5.11 Å². The summed E-state index contributed by atoms with van der Waals surface area (Å²) in [7, 11) is 0. The van der Waals surface area contributed by atoms with Crippen LogP contribution in [0.4, 0.5) is 0 Å². The Morgan fingerprint density at radius 1 is 1.31 bits per heavy atom. The number of ether oxygens (including phenoxy) is 1. The van der Waals surface area contributed by atoms with Crippen LogP contribution < -0.4 is 0 Å². The van der Waals surface area contributed by atoms with E-state index in [4.69, 9.17) is 4.74 Å². The van der Waals surface area contributed by atoms with Gasteiger partial charge in [0.25, 0.3) is 0 Å². The molecule has 1 heterocycles. The molecule has 94 valence electrons. The molecule has 0 radical (unpaired) electrons. The highest BCUT2D eigenvalue weighted by atomic mass is 16.5. The van der Waals surface area contributed by atoms with Gasteiger partial charge >= 0.3 is 0 Å². The van der Waals surface area contributed by atoms with Crippen molar-refractivity contribution >= 4 is 0 Å². The number of aliphatic hydroxyl groups excluding tert-OH is 1. The van der Waals surface area contributed by atoms with E-state index in [1.807, 2.05) is 0 Å². The molecule has 2 fully saturated rings. The minimum absolute atomic E-state index is 0.129. The first-order valence-electron chi connectivity index (χ1n) is 6.70. The third kappa shape index (κ3) is 2.96. The van der Waals surface area contributed by atoms with Gasteiger partial charge in [0.2, 0.25) is 0 Å². The van der Waals surface area contributed by atoms with Gasteiger partial charge in [-0.05, 0) is 32.6 Å². The molecular weight excluding hydrogens is 202 g/mol. The van der Waals surface area contributed by atoms with Crippen molar-refractivity contribution in [3.8, 4) is 0 Å². The van der Waals surface area contributed by atoms with Crippen molar-refractivity contribution in [2.45, 2.75) is 57.8 Å². The molecule has 2 aliphatic rings. The minimum Gasteiger partial charge on any atom is -0.392 e. The van der Waals surface area contributed by atoms with Gasteiger partial charge in [-0.2, -0.15) is 0 Å². The molecule has 1 aliphatic heterocycles. The van der Waals surface area contributed by atoms with Gasteiger partial charge in [0.05, 0.1) is 18.8 Å². The van der Waals surface area contributed by atoms with Crippen LogP contribution in [0.2, 0.25) is 0 Å². The van der Waals surface area contributed by atoms with Crippen LogP contribution in [0, 0.1) is 5.92 Å². The molecule has 0 bridgehead atoms. The van der Waals surface area contributed by atoms with E-state index in [0.717, 1.165) is 19.7 Å². The first-order valence-corrected chi connectivity index (χ1v) is 6.70. The van der Waals surface area contributed by atoms with Crippen molar-refractivity contribution in [2.75, 3.05) is 19.7 Å². The molecule has 16 heavy (non-hydrogen) atoms. The van der Waals surface area contributed by atoms with Crippen molar-refractivity contribution in [1.29, 1.82) is 0 Å². The van der Waals surface area contributed by atoms with Crippen LogP contribution in [0.15, 0.2) is 0 Å². The summed E-state index contributed by atoms with van der Waals surface area (Å²) in [6, 6.07) is 0.451. The van der Waals surface area contributed by atoms with Crippen molar-refractivity contribution < 1.29 is 9.84 Å². The normalized spacial score (nSPS) is 35.4. The van der Waals surface area contributed by atoms with Crippen LogP contribution in [0.25, 0.3) is 0 Å². The predicted molar refractivity (Wildman–Crippen MR) is 64.4 cm³/mol. The van der Waals surface area contributed by atoms with Gasteiger partial charge in [-0.15, -0.1) is 0 Å². The Bertz CT molecular complexity index is 216. The SMILES string of the molecule is CC1CN(CC(O)C2CCCC2)C(C)CO1. The standard InChI is InChI=1S/C13H25NO2/c1-10-9-16-11(2)7-14(10)8-13(15)12-5-3-4-6-12/h10-13,15H,3-9H2,1-2H3. The number of nitrogens with zero attached hydrogens (tertiary/aromatic N) is 1. The lowest BCUT2D eigenvalue weighted by atomic mass is 9.99. The fourth-order valence-corrected chi connectivity index (χ4v) is 2.96. The Morgan fingerprint density at radius 3 is 2.69 bits per heavy atom. The van der Waals surface area contributed by atoms with Crippen LogP contribution in [0.5, 0.6) is 0 Å². The van der Waals surface area contributed by atoms with E-state index in [1.54, 1.807) is 0 Å². The molecule has 3 atom stereocenters. The summed E-state index contributed by atoms with van der Waals surface area (Å²) in [6.07, 6.45) is 5.22. The quantitative estimate of drug-likeness (QED) is 0.795. The lowest BCUT2D eigenvalue weighted by Crippen LogP contribution is -2.50. The lowest BCUT2D eigenvalue weighted by Gasteiger charge is -2.38. The molecule has 2 rings (SSSR count). The van der Waals surface area contributed by atoms with Gasteiger partial charge in [-0.3, -0.25) is 4.90 Å². The van der Waals surface area contributed by atoms with Crippen LogP contribution in [0.3, 0.4) is 0 Å². The van der Waals surface area contributed by atoms with Gasteiger partial charge in [0.15, 0.2) is 0 Å². The van der Waals surface area contributed by atoms with Crippen molar-refractivity contribution in [3.05, 3.63) is 0 Å². The maximum Gasteiger partial charge on any atom is 0.0695 e. The molecular formula is C13H25NO2. The molecule has 0 amide bonds. The van der Waals surface area contributed by atoms with Crippen molar-refractivity contribution in [3.63, 3.8) is 0 Å². The van der Waals surface area contributed by atoms with E-state index >= 15 is 0 Å². The van der Waals surface area contributed by atoms with E-state index in [0.29, 0.717) is 18.1 Å². The molecule has 1 aliphatic carbocycles. The molecule has 0 aromatic carbocycles. The maximum atomic E-state index is 10.2. The summed E-state index contributed by atoms with van der Waals surface area (Å²) in [5.41, 5.74) is 0. The molecule has 0 aromatic heterocycles. The fraction of sp³-hybridized carbons (Fsp3) is 1.00. The van der Waals surface area contributed by atoms with Crippen LogP contribution in [-0.2, 0) is 4.74 Å². The monoisotopic (exact) mass is 227 g/mol. The lowest BCUT2D eigenvalue weighted by molar-refractivity contribution is -0.0670. The molecule has 1 saturated carbocycles. The zero-order chi connectivity index (χ0) is 11.5. The predicted octanol–water partition coefficient (Wildman–Crippen LogP) is 1.65. The summed E-state index contributed by atoms with van der Waals surface area (Å²) in [5.74, 6) is 0.547. The maximum absolute atomic E-state index is 10.2. The first kappa shape index (κ1) is 12.3. The molecule has 0 aromatic rings. The van der Waals surface area contributed by atoms with Gasteiger partial charge in [0.1, 0.15) is 0 Å². The van der Waals surface area contributed by atoms with E-state index < -0.39 is 0 Å². The highest BCUT2D eigenvalue weighted by Gasteiger charge is 2.29. The number of β-amino-alcohol motifs (C(OH)–C–C–N with tert-alkyl or cyclic N) is 1. The van der Waals surface area contributed by atoms with Crippen LogP contribution in [-0.4, -0.2) is 48.0 Å². The Balaban J connectivity index is 1.82. The average molecular weight is 227 g/mol. The zero-order valence-electron chi connectivity index (χ0n) is 10.6. The summed E-state index contributed by atoms with van der Waals surface area (Å²) in [4.78, 5) is 2.39. The second-order valence-electron chi connectivity index (χ2n) is 5.56. The molecule has 3 heteroatoms. The number of hydrogen-bond acceptors (Lipinski definition) is 3. The van der Waals surface area contributed by atoms with Crippen molar-refractivity contribution in [2.24, 2.45) is 5.92 Å². The van der Waals surface area contributed by atoms with E-state index in [1.165, 1.54) is 25.7 Å². The highest BCUT2D eigenvalue weighted by Crippen LogP contribution is 2.28. The molecule has 1 saturated heterocycles. The van der Waals surface area contributed by atoms with Crippen LogP contribution >= 0.6 is 0 Å². The van der Waals surface area contributed by atoms with Gasteiger partial charge in [-0.25, -0.2) is 0 Å². The number of aliphatic hydroxyl groups is 1. The van der Waals surface area contributed by atoms with Crippen molar-refractivity contribution in [1.82, 2.24) is 4.90 Å². The summed E-state index contributed by atoms with van der Waals surface area (Å²) in [6.45, 7) is 6.90. The Labute approximate surface area is 98.8 Å². The topological polar surface area (TPSA) is 32.7 Å².